The highest BCUT2D eigenvalue weighted by Gasteiger charge is 2.32. The zero-order valence-corrected chi connectivity index (χ0v) is 10.8. The topological polar surface area (TPSA) is 34.4 Å². The first kappa shape index (κ1) is 14.3. The van der Waals surface area contributed by atoms with E-state index in [9.17, 15) is 13.2 Å². The Bertz CT molecular complexity index is 564. The molecule has 0 saturated heterocycles. The summed E-state index contributed by atoms with van der Waals surface area (Å²) in [5.41, 5.74) is 0.263. The Morgan fingerprint density at radius 3 is 2.45 bits per heavy atom. The molecule has 1 aromatic carbocycles. The minimum Gasteiger partial charge on any atom is -0.464 e. The van der Waals surface area contributed by atoms with Gasteiger partial charge in [0.25, 0.3) is 0 Å². The van der Waals surface area contributed by atoms with Gasteiger partial charge in [0.05, 0.1) is 12.2 Å². The van der Waals surface area contributed by atoms with Crippen molar-refractivity contribution >= 4 is 5.69 Å². The van der Waals surface area contributed by atoms with Gasteiger partial charge in [-0.3, -0.25) is 0 Å². The summed E-state index contributed by atoms with van der Waals surface area (Å²) in [6.45, 7) is 2.25. The number of hydrogen-bond donors (Lipinski definition) is 1. The molecule has 0 saturated carbocycles. The number of para-hydroxylation sites is 2. The third-order valence-corrected chi connectivity index (χ3v) is 2.63. The molecule has 20 heavy (non-hydrogen) atoms. The second-order valence-electron chi connectivity index (χ2n) is 4.12. The van der Waals surface area contributed by atoms with E-state index < -0.39 is 6.36 Å². The molecule has 0 bridgehead atoms. The van der Waals surface area contributed by atoms with E-state index in [0.29, 0.717) is 5.76 Å². The first-order valence-corrected chi connectivity index (χ1v) is 6.14. The van der Waals surface area contributed by atoms with Crippen LogP contribution >= 0.6 is 0 Å². The summed E-state index contributed by atoms with van der Waals surface area (Å²) in [5.74, 6) is 1.23. The average Bonchev–Trinajstić information content (AvgIpc) is 2.84. The lowest BCUT2D eigenvalue weighted by Gasteiger charge is -2.13. The number of anilines is 1. The highest BCUT2D eigenvalue weighted by atomic mass is 19.4. The number of aryl methyl sites for hydroxylation is 1. The normalized spacial score (nSPS) is 11.4. The van der Waals surface area contributed by atoms with Gasteiger partial charge in [-0.05, 0) is 24.3 Å². The lowest BCUT2D eigenvalue weighted by molar-refractivity contribution is -0.274. The number of rotatable bonds is 5. The van der Waals surface area contributed by atoms with E-state index >= 15 is 0 Å². The highest BCUT2D eigenvalue weighted by Crippen LogP contribution is 2.30. The van der Waals surface area contributed by atoms with Gasteiger partial charge in [0, 0.05) is 6.42 Å². The van der Waals surface area contributed by atoms with Crippen molar-refractivity contribution in [3.05, 3.63) is 47.9 Å². The standard InChI is InChI=1S/C14H14F3NO2/c1-2-10-7-8-11(19-10)9-18-12-5-3-4-6-13(12)20-14(15,16)17/h3-8,18H,2,9H2,1H3. The fourth-order valence-corrected chi connectivity index (χ4v) is 1.72. The van der Waals surface area contributed by atoms with Crippen molar-refractivity contribution in [1.82, 2.24) is 0 Å². The lowest BCUT2D eigenvalue weighted by Crippen LogP contribution is -2.18. The summed E-state index contributed by atoms with van der Waals surface area (Å²) in [7, 11) is 0. The van der Waals surface area contributed by atoms with Gasteiger partial charge in [0.2, 0.25) is 0 Å². The van der Waals surface area contributed by atoms with Gasteiger partial charge in [-0.2, -0.15) is 0 Å². The van der Waals surface area contributed by atoms with E-state index in [2.05, 4.69) is 10.1 Å². The van der Waals surface area contributed by atoms with Gasteiger partial charge in [0.15, 0.2) is 5.75 Å². The Kier molecular flexibility index (Phi) is 4.22. The number of halogens is 3. The molecule has 0 unspecified atom stereocenters. The Labute approximate surface area is 114 Å². The van der Waals surface area contributed by atoms with E-state index in [4.69, 9.17) is 4.42 Å². The monoisotopic (exact) mass is 285 g/mol. The van der Waals surface area contributed by atoms with Crippen LogP contribution in [0, 0.1) is 0 Å². The van der Waals surface area contributed by atoms with Crippen LogP contribution in [0.4, 0.5) is 18.9 Å². The number of hydrogen-bond acceptors (Lipinski definition) is 3. The third kappa shape index (κ3) is 3.94. The zero-order valence-electron chi connectivity index (χ0n) is 10.8. The zero-order chi connectivity index (χ0) is 14.6. The Balaban J connectivity index is 2.05. The molecule has 3 nitrogen and oxygen atoms in total. The maximum absolute atomic E-state index is 12.3. The summed E-state index contributed by atoms with van der Waals surface area (Å²) in [5, 5.41) is 2.87. The molecule has 2 aromatic rings. The van der Waals surface area contributed by atoms with Crippen LogP contribution in [0.25, 0.3) is 0 Å². The Morgan fingerprint density at radius 2 is 1.80 bits per heavy atom. The van der Waals surface area contributed by atoms with Crippen molar-refractivity contribution in [2.45, 2.75) is 26.3 Å². The summed E-state index contributed by atoms with van der Waals surface area (Å²) in [6, 6.07) is 9.52. The number of benzene rings is 1. The highest BCUT2D eigenvalue weighted by molar-refractivity contribution is 5.56. The largest absolute Gasteiger partial charge is 0.573 e. The fraction of sp³-hybridized carbons (Fsp3) is 0.286. The summed E-state index contributed by atoms with van der Waals surface area (Å²) in [6.07, 6.45) is -3.94. The van der Waals surface area contributed by atoms with Crippen LogP contribution in [0.2, 0.25) is 0 Å². The van der Waals surface area contributed by atoms with Crippen molar-refractivity contribution in [3.63, 3.8) is 0 Å². The number of ether oxygens (including phenoxy) is 1. The van der Waals surface area contributed by atoms with E-state index in [1.54, 1.807) is 12.1 Å². The summed E-state index contributed by atoms with van der Waals surface area (Å²) < 4.78 is 46.2. The molecular formula is C14H14F3NO2. The molecule has 0 fully saturated rings. The molecule has 0 radical (unpaired) electrons. The van der Waals surface area contributed by atoms with Crippen molar-refractivity contribution in [1.29, 1.82) is 0 Å². The van der Waals surface area contributed by atoms with E-state index in [-0.39, 0.29) is 18.0 Å². The average molecular weight is 285 g/mol. The van der Waals surface area contributed by atoms with Crippen molar-refractivity contribution < 1.29 is 22.3 Å². The smallest absolute Gasteiger partial charge is 0.464 e. The molecule has 1 N–H and O–H groups in total. The molecule has 0 spiro atoms. The van der Waals surface area contributed by atoms with Crippen LogP contribution in [-0.2, 0) is 13.0 Å². The first-order chi connectivity index (χ1) is 9.48. The minimum absolute atomic E-state index is 0.262. The molecule has 0 amide bonds. The van der Waals surface area contributed by atoms with Gasteiger partial charge >= 0.3 is 6.36 Å². The Hall–Kier alpha value is -2.11. The Morgan fingerprint density at radius 1 is 1.10 bits per heavy atom. The second kappa shape index (κ2) is 5.90. The first-order valence-electron chi connectivity index (χ1n) is 6.14. The molecule has 108 valence electrons. The van der Waals surface area contributed by atoms with Crippen LogP contribution in [0.1, 0.15) is 18.4 Å². The molecule has 0 atom stereocenters. The minimum atomic E-state index is -4.71. The van der Waals surface area contributed by atoms with Gasteiger partial charge in [-0.25, -0.2) is 0 Å². The SMILES string of the molecule is CCc1ccc(CNc2ccccc2OC(F)(F)F)o1. The van der Waals surface area contributed by atoms with Gasteiger partial charge in [0.1, 0.15) is 11.5 Å². The predicted molar refractivity (Wildman–Crippen MR) is 68.5 cm³/mol. The van der Waals surface area contributed by atoms with Gasteiger partial charge in [-0.15, -0.1) is 13.2 Å². The second-order valence-corrected chi connectivity index (χ2v) is 4.12. The molecule has 0 aliphatic rings. The molecule has 2 rings (SSSR count). The summed E-state index contributed by atoms with van der Waals surface area (Å²) >= 11 is 0. The molecule has 0 aliphatic carbocycles. The molecule has 1 aromatic heterocycles. The van der Waals surface area contributed by atoms with Crippen molar-refractivity contribution in [2.24, 2.45) is 0 Å². The maximum atomic E-state index is 12.3. The van der Waals surface area contributed by atoms with E-state index in [1.807, 2.05) is 13.0 Å². The molecule has 0 aliphatic heterocycles. The van der Waals surface area contributed by atoms with E-state index in [0.717, 1.165) is 12.2 Å². The third-order valence-electron chi connectivity index (χ3n) is 2.63. The maximum Gasteiger partial charge on any atom is 0.573 e. The van der Waals surface area contributed by atoms with Crippen LogP contribution in [0.15, 0.2) is 40.8 Å². The van der Waals surface area contributed by atoms with Crippen LogP contribution in [0.3, 0.4) is 0 Å². The summed E-state index contributed by atoms with van der Waals surface area (Å²) in [4.78, 5) is 0. The fourth-order valence-electron chi connectivity index (χ4n) is 1.72. The molecular weight excluding hydrogens is 271 g/mol. The van der Waals surface area contributed by atoms with Crippen molar-refractivity contribution in [3.8, 4) is 5.75 Å². The number of alkyl halides is 3. The van der Waals surface area contributed by atoms with Crippen LogP contribution < -0.4 is 10.1 Å². The lowest BCUT2D eigenvalue weighted by atomic mass is 10.3. The van der Waals surface area contributed by atoms with Gasteiger partial charge < -0.3 is 14.5 Å². The van der Waals surface area contributed by atoms with E-state index in [1.165, 1.54) is 18.2 Å². The van der Waals surface area contributed by atoms with Crippen LogP contribution in [-0.4, -0.2) is 6.36 Å². The number of furan rings is 1. The quantitative estimate of drug-likeness (QED) is 0.886. The molecule has 1 heterocycles. The van der Waals surface area contributed by atoms with Crippen LogP contribution in [0.5, 0.6) is 5.75 Å². The van der Waals surface area contributed by atoms with Gasteiger partial charge in [-0.1, -0.05) is 19.1 Å². The predicted octanol–water partition coefficient (Wildman–Crippen LogP) is 4.35. The van der Waals surface area contributed by atoms with Crippen molar-refractivity contribution in [2.75, 3.05) is 5.32 Å². The molecule has 6 heteroatoms. The number of nitrogens with one attached hydrogen (secondary N) is 1.